The summed E-state index contributed by atoms with van der Waals surface area (Å²) in [6, 6.07) is 12.1. The molecule has 1 unspecified atom stereocenters. The van der Waals surface area contributed by atoms with E-state index in [4.69, 9.17) is 9.92 Å². The highest BCUT2D eigenvalue weighted by molar-refractivity contribution is 7.86. The maximum atomic E-state index is 14.6. The second kappa shape index (κ2) is 8.75. The average Bonchev–Trinajstić information content (AvgIpc) is 3.03. The number of guanidine groups is 1. The van der Waals surface area contributed by atoms with Gasteiger partial charge in [0.15, 0.2) is 11.5 Å². The van der Waals surface area contributed by atoms with Crippen LogP contribution < -0.4 is 15.2 Å². The summed E-state index contributed by atoms with van der Waals surface area (Å²) in [6.07, 6.45) is 2.13. The zero-order valence-electron chi connectivity index (χ0n) is 17.0. The number of nitrogens with one attached hydrogen (secondary N) is 1. The largest absolute Gasteiger partial charge is 0.383 e. The van der Waals surface area contributed by atoms with E-state index >= 15 is 0 Å². The molecule has 2 heterocycles. The normalized spacial score (nSPS) is 17.7. The standard InChI is InChI=1S/C21H16F2N4O4S.ClH/c1-32(29,30)31-14-7-4-12(5-8-14)21(19(28)26-20(24)27-21)13-6-9-17(22)16(11-13)15-3-2-10-25-18(15)23;/h2-11H,1H3,(H3,24,26,27,28);1H. The van der Waals surface area contributed by atoms with Crippen molar-refractivity contribution in [1.29, 1.82) is 0 Å². The smallest absolute Gasteiger partial charge is 0.306 e. The fourth-order valence-electron chi connectivity index (χ4n) is 3.49. The van der Waals surface area contributed by atoms with Gasteiger partial charge in [-0.1, -0.05) is 18.2 Å². The van der Waals surface area contributed by atoms with Gasteiger partial charge in [0.25, 0.3) is 5.91 Å². The predicted octanol–water partition coefficient (Wildman–Crippen LogP) is 2.48. The van der Waals surface area contributed by atoms with Crippen LogP contribution in [0.3, 0.4) is 0 Å². The molecule has 2 aromatic carbocycles. The van der Waals surface area contributed by atoms with E-state index in [0.717, 1.165) is 12.3 Å². The van der Waals surface area contributed by atoms with Crippen molar-refractivity contribution in [3.63, 3.8) is 0 Å². The molecule has 0 saturated carbocycles. The Morgan fingerprint density at radius 1 is 1.03 bits per heavy atom. The van der Waals surface area contributed by atoms with Gasteiger partial charge >= 0.3 is 10.1 Å². The quantitative estimate of drug-likeness (QED) is 0.415. The number of benzene rings is 2. The first-order valence-electron chi connectivity index (χ1n) is 9.18. The lowest BCUT2D eigenvalue weighted by molar-refractivity contribution is -0.122. The molecule has 0 fully saturated rings. The topological polar surface area (TPSA) is 124 Å². The van der Waals surface area contributed by atoms with Gasteiger partial charge in [-0.05, 0) is 47.5 Å². The summed E-state index contributed by atoms with van der Waals surface area (Å²) in [5.74, 6) is -2.35. The minimum Gasteiger partial charge on any atom is -0.383 e. The fourth-order valence-corrected chi connectivity index (χ4v) is 3.95. The van der Waals surface area contributed by atoms with Crippen molar-refractivity contribution in [2.75, 3.05) is 6.26 Å². The Hall–Kier alpha value is -3.57. The van der Waals surface area contributed by atoms with Crippen LogP contribution in [-0.2, 0) is 20.5 Å². The summed E-state index contributed by atoms with van der Waals surface area (Å²) in [6.45, 7) is 0. The van der Waals surface area contributed by atoms with Gasteiger partial charge in [0.1, 0.15) is 11.6 Å². The first-order chi connectivity index (χ1) is 15.1. The molecule has 33 heavy (non-hydrogen) atoms. The monoisotopic (exact) mass is 494 g/mol. The van der Waals surface area contributed by atoms with Crippen LogP contribution in [0.25, 0.3) is 11.1 Å². The molecule has 172 valence electrons. The van der Waals surface area contributed by atoms with E-state index in [1.165, 1.54) is 54.7 Å². The van der Waals surface area contributed by atoms with Crippen LogP contribution in [0.15, 0.2) is 65.8 Å². The van der Waals surface area contributed by atoms with Crippen LogP contribution in [0.4, 0.5) is 8.78 Å². The minimum atomic E-state index is -3.75. The third-order valence-electron chi connectivity index (χ3n) is 4.81. The maximum Gasteiger partial charge on any atom is 0.306 e. The van der Waals surface area contributed by atoms with Gasteiger partial charge in [-0.3, -0.25) is 10.1 Å². The van der Waals surface area contributed by atoms with Crippen molar-refractivity contribution in [3.05, 3.63) is 83.7 Å². The van der Waals surface area contributed by atoms with Crippen LogP contribution in [0.2, 0.25) is 0 Å². The van der Waals surface area contributed by atoms with Crippen molar-refractivity contribution >= 4 is 34.4 Å². The molecule has 1 aromatic heterocycles. The number of rotatable bonds is 5. The van der Waals surface area contributed by atoms with Crippen molar-refractivity contribution in [1.82, 2.24) is 10.3 Å². The van der Waals surface area contributed by atoms with E-state index in [1.807, 2.05) is 0 Å². The number of pyridine rings is 1. The number of carbonyl (C=O) groups is 1. The van der Waals surface area contributed by atoms with Crippen molar-refractivity contribution < 1.29 is 26.2 Å². The molecule has 1 aliphatic rings. The van der Waals surface area contributed by atoms with Crippen molar-refractivity contribution in [3.8, 4) is 16.9 Å². The minimum absolute atomic E-state index is 0. The number of aliphatic imine (C=N–C) groups is 1. The molecule has 12 heteroatoms. The van der Waals surface area contributed by atoms with Gasteiger partial charge in [0.2, 0.25) is 5.95 Å². The Bertz CT molecular complexity index is 1370. The lowest BCUT2D eigenvalue weighted by Crippen LogP contribution is -2.39. The molecule has 8 nitrogen and oxygen atoms in total. The summed E-state index contributed by atoms with van der Waals surface area (Å²) in [7, 11) is -3.75. The van der Waals surface area contributed by atoms with Crippen molar-refractivity contribution in [2.45, 2.75) is 5.54 Å². The van der Waals surface area contributed by atoms with Gasteiger partial charge < -0.3 is 9.92 Å². The van der Waals surface area contributed by atoms with Gasteiger partial charge in [-0.2, -0.15) is 12.8 Å². The fraction of sp³-hybridized carbons (Fsp3) is 0.0952. The van der Waals surface area contributed by atoms with Crippen LogP contribution in [-0.4, -0.2) is 31.5 Å². The summed E-state index contributed by atoms with van der Waals surface area (Å²) in [5, 5.41) is 2.42. The summed E-state index contributed by atoms with van der Waals surface area (Å²) < 4.78 is 56.4. The molecule has 0 aliphatic carbocycles. The predicted molar refractivity (Wildman–Crippen MR) is 119 cm³/mol. The Morgan fingerprint density at radius 3 is 2.27 bits per heavy atom. The number of nitrogens with zero attached hydrogens (tertiary/aromatic N) is 2. The van der Waals surface area contributed by atoms with E-state index in [-0.39, 0.29) is 40.8 Å². The highest BCUT2D eigenvalue weighted by atomic mass is 35.5. The lowest BCUT2D eigenvalue weighted by atomic mass is 9.82. The van der Waals surface area contributed by atoms with Gasteiger partial charge in [-0.15, -0.1) is 12.4 Å². The Kier molecular flexibility index (Phi) is 6.39. The van der Waals surface area contributed by atoms with Crippen LogP contribution in [0.1, 0.15) is 11.1 Å². The number of amides is 1. The maximum absolute atomic E-state index is 14.6. The first-order valence-corrected chi connectivity index (χ1v) is 11.0. The van der Waals surface area contributed by atoms with Crippen LogP contribution in [0, 0.1) is 11.8 Å². The van der Waals surface area contributed by atoms with Gasteiger partial charge in [0, 0.05) is 17.3 Å². The summed E-state index contributed by atoms with van der Waals surface area (Å²) in [5.41, 5.74) is 4.37. The second-order valence-corrected chi connectivity index (χ2v) is 8.58. The van der Waals surface area contributed by atoms with E-state index < -0.39 is 33.3 Å². The summed E-state index contributed by atoms with van der Waals surface area (Å²) >= 11 is 0. The molecule has 1 aliphatic heterocycles. The highest BCUT2D eigenvalue weighted by Gasteiger charge is 2.47. The van der Waals surface area contributed by atoms with Crippen LogP contribution >= 0.6 is 12.4 Å². The molecule has 0 spiro atoms. The Balaban J connectivity index is 0.00000306. The third-order valence-corrected chi connectivity index (χ3v) is 5.31. The van der Waals surface area contributed by atoms with Gasteiger partial charge in [-0.25, -0.2) is 14.4 Å². The van der Waals surface area contributed by atoms with E-state index in [9.17, 15) is 22.0 Å². The lowest BCUT2D eigenvalue weighted by Gasteiger charge is -2.25. The summed E-state index contributed by atoms with van der Waals surface area (Å²) in [4.78, 5) is 20.8. The van der Waals surface area contributed by atoms with E-state index in [2.05, 4.69) is 15.3 Å². The SMILES string of the molecule is CS(=O)(=O)Oc1ccc(C2(c3ccc(F)c(-c4cccnc4F)c3)N=C(N)NC2=O)cc1.Cl. The van der Waals surface area contributed by atoms with E-state index in [1.54, 1.807) is 0 Å². The number of nitrogens with two attached hydrogens (primary N) is 1. The second-order valence-electron chi connectivity index (χ2n) is 7.01. The molecular weight excluding hydrogens is 478 g/mol. The highest BCUT2D eigenvalue weighted by Crippen LogP contribution is 2.39. The molecule has 3 N–H and O–H groups in total. The van der Waals surface area contributed by atoms with Crippen molar-refractivity contribution in [2.24, 2.45) is 10.7 Å². The molecule has 4 rings (SSSR count). The number of hydrogen-bond donors (Lipinski definition) is 2. The zero-order valence-corrected chi connectivity index (χ0v) is 18.6. The number of aromatic nitrogens is 1. The number of carbonyl (C=O) groups excluding carboxylic acids is 1. The van der Waals surface area contributed by atoms with Crippen LogP contribution in [0.5, 0.6) is 5.75 Å². The molecule has 1 amide bonds. The molecule has 1 atom stereocenters. The zero-order chi connectivity index (χ0) is 23.1. The Morgan fingerprint density at radius 2 is 1.70 bits per heavy atom. The Labute approximate surface area is 194 Å². The molecule has 0 radical (unpaired) electrons. The third kappa shape index (κ3) is 4.50. The first kappa shape index (κ1) is 24.1. The molecule has 0 saturated heterocycles. The molecule has 3 aromatic rings. The number of halogens is 3. The number of hydrogen-bond acceptors (Lipinski definition) is 7. The van der Waals surface area contributed by atoms with Gasteiger partial charge in [0.05, 0.1) is 6.26 Å². The molecular formula is C21H17ClF2N4O4S. The van der Waals surface area contributed by atoms with E-state index in [0.29, 0.717) is 5.56 Å². The molecule has 0 bridgehead atoms. The average molecular weight is 495 g/mol.